The Hall–Kier alpha value is -1.94. The molecule has 0 aliphatic heterocycles. The maximum absolute atomic E-state index is 10.8. The van der Waals surface area contributed by atoms with Crippen molar-refractivity contribution in [3.8, 4) is 11.3 Å². The van der Waals surface area contributed by atoms with Gasteiger partial charge in [-0.1, -0.05) is 29.8 Å². The third-order valence-electron chi connectivity index (χ3n) is 2.08. The van der Waals surface area contributed by atoms with E-state index in [-0.39, 0.29) is 10.6 Å². The minimum atomic E-state index is 0.177. The second kappa shape index (κ2) is 4.28. The van der Waals surface area contributed by atoms with Crippen LogP contribution in [0.5, 0.6) is 0 Å². The van der Waals surface area contributed by atoms with Crippen LogP contribution >= 0.6 is 11.6 Å². The van der Waals surface area contributed by atoms with E-state index in [1.807, 2.05) is 18.2 Å². The predicted octanol–water partition coefficient (Wildman–Crippen LogP) is 2.49. The van der Waals surface area contributed by atoms with Crippen molar-refractivity contribution in [2.45, 2.75) is 0 Å². The van der Waals surface area contributed by atoms with Crippen molar-refractivity contribution in [3.63, 3.8) is 0 Å². The topological polar surface area (TPSA) is 59.0 Å². The molecule has 16 heavy (non-hydrogen) atoms. The molecular weight excluding hydrogens is 226 g/mol. The molecule has 0 unspecified atom stereocenters. The number of benzene rings is 1. The lowest BCUT2D eigenvalue weighted by Gasteiger charge is -2.01. The molecule has 0 amide bonds. The van der Waals surface area contributed by atoms with E-state index in [1.54, 1.807) is 18.2 Å². The van der Waals surface area contributed by atoms with E-state index in [0.717, 1.165) is 5.56 Å². The number of pyridine rings is 1. The quantitative estimate of drug-likeness (QED) is 0.493. The molecule has 0 spiro atoms. The van der Waals surface area contributed by atoms with Gasteiger partial charge >= 0.3 is 5.69 Å². The van der Waals surface area contributed by atoms with Crippen LogP contribution in [0.4, 0.5) is 5.69 Å². The van der Waals surface area contributed by atoms with Gasteiger partial charge in [0, 0.05) is 16.7 Å². The summed E-state index contributed by atoms with van der Waals surface area (Å²) in [6.07, 6.45) is 2.54. The zero-order chi connectivity index (χ0) is 11.5. The van der Waals surface area contributed by atoms with Crippen molar-refractivity contribution in [1.29, 1.82) is 0 Å². The molecule has 79 valence electrons. The first-order valence-electron chi connectivity index (χ1n) is 4.54. The molecule has 0 saturated carbocycles. The van der Waals surface area contributed by atoms with Crippen LogP contribution < -0.4 is 5.84 Å². The molecule has 4 nitrogen and oxygen atoms in total. The maximum Gasteiger partial charge on any atom is 0.319 e. The average molecular weight is 234 g/mol. The number of nitrogens with two attached hydrogens (primary N) is 1. The third kappa shape index (κ3) is 2.01. The fraction of sp³-hybridized carbons (Fsp3) is 0. The van der Waals surface area contributed by atoms with Gasteiger partial charge in [-0.25, -0.2) is 4.98 Å². The summed E-state index contributed by atoms with van der Waals surface area (Å²) < 4.78 is 0. The highest BCUT2D eigenvalue weighted by Gasteiger charge is 2.11. The summed E-state index contributed by atoms with van der Waals surface area (Å²) in [5, 5.41) is 0.600. The summed E-state index contributed by atoms with van der Waals surface area (Å²) in [6, 6.07) is 10.5. The van der Waals surface area contributed by atoms with E-state index in [9.17, 15) is 4.91 Å². The molecule has 0 aliphatic rings. The Bertz CT molecular complexity index is 525. The van der Waals surface area contributed by atoms with E-state index >= 15 is 0 Å². The standard InChI is InChI=1S/C11H8ClN3O/c12-10-4-2-1-3-9(10)11-6-5-8(7-14-11)15(13)16/h1-6H,(H2,13,16)/q+1. The Morgan fingerprint density at radius 1 is 1.25 bits per heavy atom. The van der Waals surface area contributed by atoms with Crippen LogP contribution in [0.3, 0.4) is 0 Å². The molecule has 1 heterocycles. The zero-order valence-corrected chi connectivity index (χ0v) is 8.98. The van der Waals surface area contributed by atoms with Crippen LogP contribution in [0.25, 0.3) is 11.3 Å². The molecule has 0 aliphatic carbocycles. The van der Waals surface area contributed by atoms with Crippen molar-refractivity contribution in [1.82, 2.24) is 4.98 Å². The smallest absolute Gasteiger partial charge is 0.239 e. The van der Waals surface area contributed by atoms with Crippen molar-refractivity contribution >= 4 is 17.3 Å². The summed E-state index contributed by atoms with van der Waals surface area (Å²) >= 11 is 6.01. The molecule has 2 aromatic rings. The molecule has 1 aromatic carbocycles. The van der Waals surface area contributed by atoms with Crippen LogP contribution in [0.2, 0.25) is 5.02 Å². The number of hydrazine groups is 1. The number of halogens is 1. The van der Waals surface area contributed by atoms with E-state index < -0.39 is 0 Å². The van der Waals surface area contributed by atoms with Crippen LogP contribution in [0.15, 0.2) is 36.4 Å². The number of nitrogens with zero attached hydrogens (tertiary/aromatic N) is 2. The monoisotopic (exact) mass is 233 g/mol. The normalized spacial score (nSPS) is 10.1. The molecule has 0 saturated heterocycles. The highest BCUT2D eigenvalue weighted by Crippen LogP contribution is 2.26. The van der Waals surface area contributed by atoms with Crippen molar-refractivity contribution in [2.24, 2.45) is 5.84 Å². The molecule has 0 bridgehead atoms. The van der Waals surface area contributed by atoms with Crippen molar-refractivity contribution in [3.05, 3.63) is 52.5 Å². The van der Waals surface area contributed by atoms with Crippen LogP contribution in [-0.2, 0) is 0 Å². The van der Waals surface area contributed by atoms with Crippen LogP contribution in [0.1, 0.15) is 0 Å². The van der Waals surface area contributed by atoms with E-state index in [1.165, 1.54) is 0 Å². The van der Waals surface area contributed by atoms with Gasteiger partial charge in [-0.2, -0.15) is 5.84 Å². The molecule has 1 aromatic heterocycles. The van der Waals surface area contributed by atoms with Crippen LogP contribution in [-0.4, -0.2) is 9.85 Å². The fourth-order valence-corrected chi connectivity index (χ4v) is 1.52. The summed E-state index contributed by atoms with van der Waals surface area (Å²) in [5.74, 6) is 5.01. The first-order chi connectivity index (χ1) is 7.68. The molecule has 2 N–H and O–H groups in total. The minimum Gasteiger partial charge on any atom is -0.239 e. The minimum absolute atomic E-state index is 0.177. The molecular formula is C11H8ClN3O+. The lowest BCUT2D eigenvalue weighted by atomic mass is 10.1. The van der Waals surface area contributed by atoms with Crippen molar-refractivity contribution in [2.75, 3.05) is 0 Å². The lowest BCUT2D eigenvalue weighted by Crippen LogP contribution is -2.09. The maximum atomic E-state index is 10.8. The van der Waals surface area contributed by atoms with Gasteiger partial charge in [-0.05, 0) is 12.1 Å². The molecule has 0 atom stereocenters. The molecule has 5 heteroatoms. The Morgan fingerprint density at radius 3 is 2.56 bits per heavy atom. The van der Waals surface area contributed by atoms with E-state index in [4.69, 9.17) is 17.4 Å². The fourth-order valence-electron chi connectivity index (χ4n) is 1.29. The van der Waals surface area contributed by atoms with Gasteiger partial charge in [-0.3, -0.25) is 0 Å². The largest absolute Gasteiger partial charge is 0.319 e. The van der Waals surface area contributed by atoms with Gasteiger partial charge < -0.3 is 0 Å². The third-order valence-corrected chi connectivity index (χ3v) is 2.41. The predicted molar refractivity (Wildman–Crippen MR) is 61.0 cm³/mol. The van der Waals surface area contributed by atoms with Gasteiger partial charge in [0.25, 0.3) is 0 Å². The second-order valence-electron chi connectivity index (χ2n) is 3.13. The molecule has 2 rings (SSSR count). The van der Waals surface area contributed by atoms with Gasteiger partial charge in [0.15, 0.2) is 11.1 Å². The Kier molecular flexibility index (Phi) is 2.83. The number of aromatic nitrogens is 1. The number of hydrogen-bond donors (Lipinski definition) is 1. The van der Waals surface area contributed by atoms with Gasteiger partial charge in [0.2, 0.25) is 0 Å². The van der Waals surface area contributed by atoms with Crippen LogP contribution in [0, 0.1) is 11.1 Å². The van der Waals surface area contributed by atoms with Gasteiger partial charge in [-0.15, -0.1) is 0 Å². The van der Waals surface area contributed by atoms with Crippen molar-refractivity contribution < 1.29 is 4.87 Å². The first-order valence-corrected chi connectivity index (χ1v) is 4.92. The number of hydrogen-bond acceptors (Lipinski definition) is 2. The zero-order valence-electron chi connectivity index (χ0n) is 8.22. The Morgan fingerprint density at radius 2 is 2.00 bits per heavy atom. The summed E-state index contributed by atoms with van der Waals surface area (Å²) in [4.78, 5) is 15.0. The summed E-state index contributed by atoms with van der Waals surface area (Å²) in [7, 11) is 0. The molecule has 1 radical (unpaired) electrons. The van der Waals surface area contributed by atoms with E-state index in [0.29, 0.717) is 10.7 Å². The number of nitroso groups, excluding NO2 is 1. The lowest BCUT2D eigenvalue weighted by molar-refractivity contribution is -0.475. The second-order valence-corrected chi connectivity index (χ2v) is 3.54. The number of rotatable bonds is 2. The highest BCUT2D eigenvalue weighted by molar-refractivity contribution is 6.33. The van der Waals surface area contributed by atoms with Gasteiger partial charge in [0.1, 0.15) is 0 Å². The average Bonchev–Trinajstić information content (AvgIpc) is 2.30. The Balaban J connectivity index is 2.43. The molecule has 0 fully saturated rings. The Labute approximate surface area is 97.2 Å². The first kappa shape index (κ1) is 10.6. The van der Waals surface area contributed by atoms with E-state index in [2.05, 4.69) is 11.2 Å². The SMILES string of the molecule is N[N+](=O)c1[c]nc(-c2ccccc2Cl)cc1. The summed E-state index contributed by atoms with van der Waals surface area (Å²) in [5.41, 5.74) is 1.62. The van der Waals surface area contributed by atoms with Gasteiger partial charge in [0.05, 0.1) is 10.6 Å². The highest BCUT2D eigenvalue weighted by atomic mass is 35.5. The summed E-state index contributed by atoms with van der Waals surface area (Å²) in [6.45, 7) is 0.